The van der Waals surface area contributed by atoms with Gasteiger partial charge >= 0.3 is 0 Å². The van der Waals surface area contributed by atoms with Gasteiger partial charge in [0.25, 0.3) is 0 Å². The van der Waals surface area contributed by atoms with Crippen molar-refractivity contribution in [2.24, 2.45) is 0 Å². The lowest BCUT2D eigenvalue weighted by Gasteiger charge is -2.10. The standard InChI is InChI=1S/C30H35N3O/c34-30(22-21-26-15-6-2-7-16-26)31-23-11-3-8-20-29-32-27-18-9-10-19-28(27)33(29)24-12-17-25-13-4-1-5-14-25/h1-2,4-7,9-10,13-16,18-19H,3,8,11-12,17,20-24H2,(H,31,34). The van der Waals surface area contributed by atoms with Gasteiger partial charge in [-0.3, -0.25) is 4.79 Å². The predicted octanol–water partition coefficient (Wildman–Crippen LogP) is 6.13. The van der Waals surface area contributed by atoms with E-state index in [1.807, 2.05) is 18.2 Å². The van der Waals surface area contributed by atoms with E-state index in [2.05, 4.69) is 76.6 Å². The maximum atomic E-state index is 12.1. The Morgan fingerprint density at radius 3 is 2.15 bits per heavy atom. The fraction of sp³-hybridized carbons (Fsp3) is 0.333. The molecule has 0 radical (unpaired) electrons. The van der Waals surface area contributed by atoms with Crippen LogP contribution in [0.4, 0.5) is 0 Å². The van der Waals surface area contributed by atoms with Crippen molar-refractivity contribution in [3.63, 3.8) is 0 Å². The highest BCUT2D eigenvalue weighted by atomic mass is 16.1. The van der Waals surface area contributed by atoms with Crippen LogP contribution in [0.3, 0.4) is 0 Å². The summed E-state index contributed by atoms with van der Waals surface area (Å²) >= 11 is 0. The highest BCUT2D eigenvalue weighted by Crippen LogP contribution is 2.19. The molecule has 1 heterocycles. The van der Waals surface area contributed by atoms with Crippen molar-refractivity contribution in [3.05, 3.63) is 102 Å². The first-order chi connectivity index (χ1) is 16.8. The largest absolute Gasteiger partial charge is 0.356 e. The molecule has 0 aliphatic heterocycles. The third-order valence-corrected chi connectivity index (χ3v) is 6.31. The molecule has 0 saturated heterocycles. The number of aryl methyl sites for hydroxylation is 4. The summed E-state index contributed by atoms with van der Waals surface area (Å²) in [5, 5.41) is 3.07. The smallest absolute Gasteiger partial charge is 0.220 e. The van der Waals surface area contributed by atoms with E-state index < -0.39 is 0 Å². The lowest BCUT2D eigenvalue weighted by molar-refractivity contribution is -0.121. The van der Waals surface area contributed by atoms with Crippen LogP contribution in [0.25, 0.3) is 11.0 Å². The highest BCUT2D eigenvalue weighted by Gasteiger charge is 2.10. The molecule has 4 heteroatoms. The predicted molar refractivity (Wildman–Crippen MR) is 140 cm³/mol. The van der Waals surface area contributed by atoms with Crippen LogP contribution in [0.5, 0.6) is 0 Å². The normalized spacial score (nSPS) is 11.1. The van der Waals surface area contributed by atoms with Crippen molar-refractivity contribution < 1.29 is 4.79 Å². The van der Waals surface area contributed by atoms with Crippen molar-refractivity contribution in [1.29, 1.82) is 0 Å². The molecule has 176 valence electrons. The number of aromatic nitrogens is 2. The van der Waals surface area contributed by atoms with E-state index in [0.29, 0.717) is 6.42 Å². The van der Waals surface area contributed by atoms with E-state index in [1.54, 1.807) is 0 Å². The summed E-state index contributed by atoms with van der Waals surface area (Å²) in [6.45, 7) is 1.74. The van der Waals surface area contributed by atoms with Gasteiger partial charge in [-0.15, -0.1) is 0 Å². The molecule has 0 unspecified atom stereocenters. The number of carbonyl (C=O) groups excluding carboxylic acids is 1. The summed E-state index contributed by atoms with van der Waals surface area (Å²) in [4.78, 5) is 17.0. The Kier molecular flexibility index (Phi) is 8.90. The molecule has 4 rings (SSSR count). The number of nitrogens with zero attached hydrogens (tertiary/aromatic N) is 2. The van der Waals surface area contributed by atoms with Crippen LogP contribution in [0.1, 0.15) is 49.1 Å². The van der Waals surface area contributed by atoms with E-state index in [1.165, 1.54) is 22.5 Å². The number of para-hydroxylation sites is 2. The molecule has 0 fully saturated rings. The molecule has 0 aliphatic carbocycles. The van der Waals surface area contributed by atoms with Crippen LogP contribution < -0.4 is 5.32 Å². The Labute approximate surface area is 203 Å². The summed E-state index contributed by atoms with van der Waals surface area (Å²) in [6.07, 6.45) is 7.69. The highest BCUT2D eigenvalue weighted by molar-refractivity contribution is 5.76. The summed E-state index contributed by atoms with van der Waals surface area (Å²) in [6, 6.07) is 29.3. The lowest BCUT2D eigenvalue weighted by atomic mass is 10.1. The molecule has 3 aromatic carbocycles. The Bertz CT molecular complexity index is 1150. The maximum Gasteiger partial charge on any atom is 0.220 e. The van der Waals surface area contributed by atoms with E-state index in [4.69, 9.17) is 4.98 Å². The quantitative estimate of drug-likeness (QED) is 0.248. The van der Waals surface area contributed by atoms with Gasteiger partial charge in [-0.2, -0.15) is 0 Å². The number of amides is 1. The van der Waals surface area contributed by atoms with Gasteiger partial charge in [0, 0.05) is 25.9 Å². The number of nitrogens with one attached hydrogen (secondary N) is 1. The van der Waals surface area contributed by atoms with Gasteiger partial charge in [0.05, 0.1) is 11.0 Å². The van der Waals surface area contributed by atoms with E-state index in [0.717, 1.165) is 63.6 Å². The molecule has 34 heavy (non-hydrogen) atoms. The van der Waals surface area contributed by atoms with Gasteiger partial charge in [-0.1, -0.05) is 79.2 Å². The van der Waals surface area contributed by atoms with E-state index in [9.17, 15) is 4.79 Å². The van der Waals surface area contributed by atoms with Crippen molar-refractivity contribution in [2.75, 3.05) is 6.54 Å². The first-order valence-electron chi connectivity index (χ1n) is 12.6. The monoisotopic (exact) mass is 453 g/mol. The van der Waals surface area contributed by atoms with Crippen LogP contribution >= 0.6 is 0 Å². The third-order valence-electron chi connectivity index (χ3n) is 6.31. The fourth-order valence-electron chi connectivity index (χ4n) is 4.46. The molecule has 1 N–H and O–H groups in total. The van der Waals surface area contributed by atoms with Gasteiger partial charge in [-0.25, -0.2) is 4.98 Å². The molecular formula is C30H35N3O. The Balaban J connectivity index is 1.20. The SMILES string of the molecule is O=C(CCc1ccccc1)NCCCCCc1nc2ccccc2n1CCCc1ccccc1. The second kappa shape index (κ2) is 12.7. The molecular weight excluding hydrogens is 418 g/mol. The minimum absolute atomic E-state index is 0.143. The zero-order valence-corrected chi connectivity index (χ0v) is 20.0. The van der Waals surface area contributed by atoms with Crippen LogP contribution in [0.2, 0.25) is 0 Å². The summed E-state index contributed by atoms with van der Waals surface area (Å²) in [5.74, 6) is 1.32. The van der Waals surface area contributed by atoms with Gasteiger partial charge in [0.15, 0.2) is 0 Å². The lowest BCUT2D eigenvalue weighted by Crippen LogP contribution is -2.24. The molecule has 4 nitrogen and oxygen atoms in total. The first-order valence-corrected chi connectivity index (χ1v) is 12.6. The molecule has 0 aliphatic rings. The van der Waals surface area contributed by atoms with Gasteiger partial charge in [0.1, 0.15) is 5.82 Å². The van der Waals surface area contributed by atoms with Crippen LogP contribution in [0, 0.1) is 0 Å². The van der Waals surface area contributed by atoms with E-state index >= 15 is 0 Å². The number of hydrogen-bond donors (Lipinski definition) is 1. The van der Waals surface area contributed by atoms with Gasteiger partial charge < -0.3 is 9.88 Å². The van der Waals surface area contributed by atoms with E-state index in [-0.39, 0.29) is 5.91 Å². The van der Waals surface area contributed by atoms with Crippen molar-refractivity contribution >= 4 is 16.9 Å². The third kappa shape index (κ3) is 7.05. The van der Waals surface area contributed by atoms with Crippen molar-refractivity contribution in [1.82, 2.24) is 14.9 Å². The van der Waals surface area contributed by atoms with Crippen molar-refractivity contribution in [3.8, 4) is 0 Å². The number of rotatable bonds is 13. The molecule has 0 bridgehead atoms. The molecule has 0 atom stereocenters. The number of benzene rings is 3. The summed E-state index contributed by atoms with van der Waals surface area (Å²) in [7, 11) is 0. The number of fused-ring (bicyclic) bond motifs is 1. The Morgan fingerprint density at radius 1 is 0.706 bits per heavy atom. The first kappa shape index (κ1) is 23.7. The van der Waals surface area contributed by atoms with Crippen LogP contribution in [-0.4, -0.2) is 22.0 Å². The Morgan fingerprint density at radius 2 is 1.38 bits per heavy atom. The summed E-state index contributed by atoms with van der Waals surface area (Å²) < 4.78 is 2.41. The van der Waals surface area contributed by atoms with Gasteiger partial charge in [-0.05, 0) is 55.4 Å². The second-order valence-electron chi connectivity index (χ2n) is 8.90. The number of unbranched alkanes of at least 4 members (excludes halogenated alkanes) is 2. The molecule has 4 aromatic rings. The molecule has 1 aromatic heterocycles. The minimum atomic E-state index is 0.143. The maximum absolute atomic E-state index is 12.1. The zero-order chi connectivity index (χ0) is 23.4. The molecule has 1 amide bonds. The second-order valence-corrected chi connectivity index (χ2v) is 8.90. The topological polar surface area (TPSA) is 46.9 Å². The molecule has 0 spiro atoms. The molecule has 0 saturated carbocycles. The average Bonchev–Trinajstić information content (AvgIpc) is 3.23. The van der Waals surface area contributed by atoms with Gasteiger partial charge in [0.2, 0.25) is 5.91 Å². The number of carbonyl (C=O) groups is 1. The number of imidazole rings is 1. The Hall–Kier alpha value is -3.40. The minimum Gasteiger partial charge on any atom is -0.356 e. The number of hydrogen-bond acceptors (Lipinski definition) is 2. The fourth-order valence-corrected chi connectivity index (χ4v) is 4.46. The summed E-state index contributed by atoms with van der Waals surface area (Å²) in [5.41, 5.74) is 4.92. The van der Waals surface area contributed by atoms with Crippen LogP contribution in [-0.2, 0) is 30.6 Å². The zero-order valence-electron chi connectivity index (χ0n) is 20.0. The van der Waals surface area contributed by atoms with Crippen molar-refractivity contribution in [2.45, 2.75) is 57.9 Å². The van der Waals surface area contributed by atoms with Crippen LogP contribution in [0.15, 0.2) is 84.9 Å². The average molecular weight is 454 g/mol.